The van der Waals surface area contributed by atoms with E-state index in [0.29, 0.717) is 23.3 Å². The fourth-order valence-corrected chi connectivity index (χ4v) is 8.79. The van der Waals surface area contributed by atoms with Crippen molar-refractivity contribution in [1.29, 1.82) is 0 Å². The van der Waals surface area contributed by atoms with Gasteiger partial charge in [0.15, 0.2) is 0 Å². The smallest absolute Gasteiger partial charge is 0.331 e. The Morgan fingerprint density at radius 1 is 0.444 bits per heavy atom. The maximum atomic E-state index is 13.0. The highest BCUT2D eigenvalue weighted by molar-refractivity contribution is 5.87. The normalized spacial score (nSPS) is 25.0. The summed E-state index contributed by atoms with van der Waals surface area (Å²) in [5, 5.41) is 10.7. The van der Waals surface area contributed by atoms with Crippen molar-refractivity contribution < 1.29 is 9.90 Å². The van der Waals surface area contributed by atoms with Crippen molar-refractivity contribution in [2.75, 3.05) is 0 Å². The molecule has 0 spiro atoms. The second kappa shape index (κ2) is 16.9. The van der Waals surface area contributed by atoms with Crippen LogP contribution in [0.1, 0.15) is 173 Å². The van der Waals surface area contributed by atoms with E-state index in [4.69, 9.17) is 0 Å². The predicted octanol–water partition coefficient (Wildman–Crippen LogP) is 11.0. The van der Waals surface area contributed by atoms with Crippen LogP contribution in [0.3, 0.4) is 0 Å². The summed E-state index contributed by atoms with van der Waals surface area (Å²) in [5.74, 6) is 0.863. The molecule has 3 rings (SSSR count). The molecule has 0 aliphatic heterocycles. The Morgan fingerprint density at radius 3 is 0.833 bits per heavy atom. The van der Waals surface area contributed by atoms with Gasteiger partial charge in [-0.25, -0.2) is 4.79 Å². The first-order valence-electron chi connectivity index (χ1n) is 16.6. The molecule has 2 nitrogen and oxygen atoms in total. The van der Waals surface area contributed by atoms with Crippen molar-refractivity contribution in [3.05, 3.63) is 12.2 Å². The van der Waals surface area contributed by atoms with Gasteiger partial charge in [0, 0.05) is 11.0 Å². The fraction of sp³-hybridized carbons (Fsp3) is 0.912. The summed E-state index contributed by atoms with van der Waals surface area (Å²) in [6.45, 7) is 4.54. The molecule has 36 heavy (non-hydrogen) atoms. The summed E-state index contributed by atoms with van der Waals surface area (Å²) >= 11 is 0. The lowest BCUT2D eigenvalue weighted by Crippen LogP contribution is -2.48. The van der Waals surface area contributed by atoms with E-state index in [1.807, 2.05) is 0 Å². The molecule has 0 radical (unpaired) electrons. The summed E-state index contributed by atoms with van der Waals surface area (Å²) in [5.41, 5.74) is 0.442. The Morgan fingerprint density at radius 2 is 0.639 bits per heavy atom. The fourth-order valence-electron chi connectivity index (χ4n) is 8.79. The summed E-state index contributed by atoms with van der Waals surface area (Å²) in [6.07, 6.45) is 35.5. The van der Waals surface area contributed by atoms with Crippen LogP contribution in [0.5, 0.6) is 0 Å². The zero-order valence-electron chi connectivity index (χ0n) is 23.9. The Bertz CT molecular complexity index is 528. The Labute approximate surface area is 224 Å². The lowest BCUT2D eigenvalue weighted by atomic mass is 9.50. The van der Waals surface area contributed by atoms with Gasteiger partial charge in [0.1, 0.15) is 0 Å². The third-order valence-corrected chi connectivity index (χ3v) is 10.6. The quantitative estimate of drug-likeness (QED) is 0.381. The van der Waals surface area contributed by atoms with Crippen molar-refractivity contribution in [1.82, 2.24) is 0 Å². The third kappa shape index (κ3) is 8.62. The van der Waals surface area contributed by atoms with Gasteiger partial charge in [0.2, 0.25) is 0 Å². The molecule has 208 valence electrons. The average molecular weight is 501 g/mol. The molecule has 0 bridgehead atoms. The lowest BCUT2D eigenvalue weighted by Gasteiger charge is -2.53. The Balaban J connectivity index is 2.05. The van der Waals surface area contributed by atoms with Crippen molar-refractivity contribution in [3.63, 3.8) is 0 Å². The van der Waals surface area contributed by atoms with E-state index in [0.717, 1.165) is 0 Å². The first-order chi connectivity index (χ1) is 17.7. The first kappa shape index (κ1) is 29.8. The van der Waals surface area contributed by atoms with Crippen LogP contribution in [0.2, 0.25) is 0 Å². The number of hydrogen-bond donors (Lipinski definition) is 1. The van der Waals surface area contributed by atoms with E-state index in [9.17, 15) is 9.90 Å². The van der Waals surface area contributed by atoms with E-state index >= 15 is 0 Å². The highest BCUT2D eigenvalue weighted by Gasteiger charge is 2.52. The van der Waals surface area contributed by atoms with Crippen LogP contribution in [-0.2, 0) is 4.79 Å². The second-order valence-electron chi connectivity index (χ2n) is 13.0. The number of aliphatic carboxylic acids is 1. The topological polar surface area (TPSA) is 37.3 Å². The first-order valence-corrected chi connectivity index (χ1v) is 16.6. The van der Waals surface area contributed by atoms with Crippen LogP contribution in [-0.4, -0.2) is 11.1 Å². The molecule has 0 heterocycles. The number of carboxylic acids is 1. The van der Waals surface area contributed by atoms with Gasteiger partial charge in [-0.2, -0.15) is 0 Å². The van der Waals surface area contributed by atoms with Crippen LogP contribution in [0, 0.1) is 23.2 Å². The highest BCUT2D eigenvalue weighted by atomic mass is 16.4. The van der Waals surface area contributed by atoms with E-state index in [1.165, 1.54) is 173 Å². The van der Waals surface area contributed by atoms with Crippen molar-refractivity contribution >= 4 is 5.97 Å². The summed E-state index contributed by atoms with van der Waals surface area (Å²) < 4.78 is 0. The maximum absolute atomic E-state index is 13.0. The molecule has 3 aliphatic rings. The molecule has 0 aromatic rings. The van der Waals surface area contributed by atoms with Gasteiger partial charge < -0.3 is 5.11 Å². The SMILES string of the molecule is C=C(C(=O)O)C(C1CCCCCCCCC1)(C1CCCCCCCCC1)C1CCCCCCCCC1. The minimum atomic E-state index is -0.679. The zero-order chi connectivity index (χ0) is 25.5. The highest BCUT2D eigenvalue weighted by Crippen LogP contribution is 2.58. The number of rotatable bonds is 5. The largest absolute Gasteiger partial charge is 0.478 e. The molecule has 3 fully saturated rings. The van der Waals surface area contributed by atoms with Crippen molar-refractivity contribution in [2.24, 2.45) is 23.2 Å². The van der Waals surface area contributed by atoms with Crippen LogP contribution in [0.4, 0.5) is 0 Å². The molecule has 0 atom stereocenters. The number of carbonyl (C=O) groups is 1. The van der Waals surface area contributed by atoms with Crippen LogP contribution in [0.25, 0.3) is 0 Å². The van der Waals surface area contributed by atoms with E-state index < -0.39 is 5.97 Å². The molecule has 0 unspecified atom stereocenters. The van der Waals surface area contributed by atoms with Gasteiger partial charge >= 0.3 is 5.97 Å². The van der Waals surface area contributed by atoms with Gasteiger partial charge in [-0.1, -0.05) is 141 Å². The minimum Gasteiger partial charge on any atom is -0.478 e. The standard InChI is InChI=1S/C34H60O2/c1-29(33(35)36)34(30-23-17-11-5-2-6-12-18-24-30,31-25-19-13-7-3-8-14-20-26-31)32-27-21-15-9-4-10-16-22-28-32/h30-32H,1-28H2,(H,35,36). The number of hydrogen-bond acceptors (Lipinski definition) is 1. The van der Waals surface area contributed by atoms with Crippen molar-refractivity contribution in [2.45, 2.75) is 173 Å². The molecule has 1 N–H and O–H groups in total. The van der Waals surface area contributed by atoms with E-state index in [2.05, 4.69) is 6.58 Å². The van der Waals surface area contributed by atoms with Gasteiger partial charge in [-0.3, -0.25) is 0 Å². The van der Waals surface area contributed by atoms with Gasteiger partial charge in [-0.15, -0.1) is 0 Å². The molecular weight excluding hydrogens is 440 g/mol. The molecule has 2 heteroatoms. The van der Waals surface area contributed by atoms with E-state index in [-0.39, 0.29) is 5.41 Å². The van der Waals surface area contributed by atoms with Crippen LogP contribution in [0.15, 0.2) is 12.2 Å². The third-order valence-electron chi connectivity index (χ3n) is 10.6. The number of carboxylic acid groups (broad SMARTS) is 1. The molecule has 0 amide bonds. The van der Waals surface area contributed by atoms with Crippen molar-refractivity contribution in [3.8, 4) is 0 Å². The molecule has 0 saturated heterocycles. The van der Waals surface area contributed by atoms with Gasteiger partial charge in [0.05, 0.1) is 0 Å². The maximum Gasteiger partial charge on any atom is 0.331 e. The summed E-state index contributed by atoms with van der Waals surface area (Å²) in [4.78, 5) is 13.0. The molecule has 0 aromatic heterocycles. The second-order valence-corrected chi connectivity index (χ2v) is 13.0. The van der Waals surface area contributed by atoms with E-state index in [1.54, 1.807) is 0 Å². The Hall–Kier alpha value is -0.790. The lowest BCUT2D eigenvalue weighted by molar-refractivity contribution is -0.137. The minimum absolute atomic E-state index is 0.191. The van der Waals surface area contributed by atoms with Gasteiger partial charge in [0.25, 0.3) is 0 Å². The molecular formula is C34H60O2. The summed E-state index contributed by atoms with van der Waals surface area (Å²) in [7, 11) is 0. The molecule has 3 aliphatic carbocycles. The van der Waals surface area contributed by atoms with Crippen LogP contribution < -0.4 is 0 Å². The zero-order valence-corrected chi connectivity index (χ0v) is 23.9. The van der Waals surface area contributed by atoms with Crippen LogP contribution >= 0.6 is 0 Å². The Kier molecular flexibility index (Phi) is 14.0. The summed E-state index contributed by atoms with van der Waals surface area (Å²) in [6, 6.07) is 0. The molecule has 0 aromatic carbocycles. The molecule has 3 saturated carbocycles. The average Bonchev–Trinajstić information content (AvgIpc) is 2.90. The predicted molar refractivity (Wildman–Crippen MR) is 154 cm³/mol. The monoisotopic (exact) mass is 500 g/mol. The van der Waals surface area contributed by atoms with Gasteiger partial charge in [-0.05, 0) is 56.3 Å².